The van der Waals surface area contributed by atoms with Crippen LogP contribution in [0.5, 0.6) is 0 Å². The molecular formula is C25H34N4O2. The molecule has 31 heavy (non-hydrogen) atoms. The van der Waals surface area contributed by atoms with E-state index in [1.54, 1.807) is 12.4 Å². The molecule has 0 unspecified atom stereocenters. The lowest BCUT2D eigenvalue weighted by Crippen LogP contribution is -2.63. The van der Waals surface area contributed by atoms with Crippen molar-refractivity contribution in [2.75, 3.05) is 45.9 Å². The van der Waals surface area contributed by atoms with Crippen LogP contribution in [0.3, 0.4) is 0 Å². The van der Waals surface area contributed by atoms with Gasteiger partial charge in [0, 0.05) is 76.8 Å². The van der Waals surface area contributed by atoms with Crippen molar-refractivity contribution in [1.29, 1.82) is 0 Å². The van der Waals surface area contributed by atoms with E-state index in [0.29, 0.717) is 13.0 Å². The summed E-state index contributed by atoms with van der Waals surface area (Å²) in [6, 6.07) is 14.6. The van der Waals surface area contributed by atoms with Crippen molar-refractivity contribution < 1.29 is 9.53 Å². The fourth-order valence-corrected chi connectivity index (χ4v) is 4.74. The molecular weight excluding hydrogens is 388 g/mol. The summed E-state index contributed by atoms with van der Waals surface area (Å²) in [5, 5.41) is 3.25. The van der Waals surface area contributed by atoms with E-state index in [2.05, 4.69) is 50.4 Å². The van der Waals surface area contributed by atoms with Crippen molar-refractivity contribution in [2.24, 2.45) is 0 Å². The Bertz CT molecular complexity index is 801. The third-order valence-corrected chi connectivity index (χ3v) is 6.72. The van der Waals surface area contributed by atoms with E-state index in [1.807, 2.05) is 12.1 Å². The fraction of sp³-hybridized carbons (Fsp3) is 0.520. The monoisotopic (exact) mass is 422 g/mol. The second-order valence-electron chi connectivity index (χ2n) is 8.72. The molecule has 0 atom stereocenters. The Kier molecular flexibility index (Phi) is 7.67. The molecule has 2 saturated heterocycles. The lowest BCUT2D eigenvalue weighted by molar-refractivity contribution is -0.122. The van der Waals surface area contributed by atoms with E-state index < -0.39 is 0 Å². The number of carbonyl (C=O) groups excluding carboxylic acids is 1. The van der Waals surface area contributed by atoms with Crippen LogP contribution in [0.15, 0.2) is 54.9 Å². The number of hydrogen-bond acceptors (Lipinski definition) is 5. The first-order valence-corrected chi connectivity index (χ1v) is 11.5. The summed E-state index contributed by atoms with van der Waals surface area (Å²) < 4.78 is 5.67. The van der Waals surface area contributed by atoms with E-state index in [9.17, 15) is 4.79 Å². The predicted octanol–water partition coefficient (Wildman–Crippen LogP) is 2.50. The molecule has 2 aliphatic rings. The zero-order valence-electron chi connectivity index (χ0n) is 18.3. The third-order valence-electron chi connectivity index (χ3n) is 6.72. The van der Waals surface area contributed by atoms with Crippen LogP contribution < -0.4 is 5.32 Å². The van der Waals surface area contributed by atoms with Crippen LogP contribution in [0.2, 0.25) is 0 Å². The van der Waals surface area contributed by atoms with Gasteiger partial charge in [-0.1, -0.05) is 30.3 Å². The van der Waals surface area contributed by atoms with E-state index in [1.165, 1.54) is 5.56 Å². The van der Waals surface area contributed by atoms with Gasteiger partial charge in [0.15, 0.2) is 0 Å². The van der Waals surface area contributed by atoms with Gasteiger partial charge < -0.3 is 10.1 Å². The summed E-state index contributed by atoms with van der Waals surface area (Å²) in [5.41, 5.74) is 2.54. The van der Waals surface area contributed by atoms with Crippen LogP contribution in [-0.2, 0) is 22.5 Å². The van der Waals surface area contributed by atoms with Crippen molar-refractivity contribution in [3.8, 4) is 0 Å². The topological polar surface area (TPSA) is 57.7 Å². The van der Waals surface area contributed by atoms with E-state index in [4.69, 9.17) is 4.74 Å². The Morgan fingerprint density at radius 1 is 0.968 bits per heavy atom. The molecule has 6 nitrogen and oxygen atoms in total. The Labute approximate surface area is 185 Å². The SMILES string of the molecule is O=C(CCc1ccncc1)NCC1(N2CCN(Cc3ccccc3)CC2)CCOCC1. The van der Waals surface area contributed by atoms with Gasteiger partial charge in [0.05, 0.1) is 0 Å². The first-order chi connectivity index (χ1) is 15.2. The predicted molar refractivity (Wildman–Crippen MR) is 122 cm³/mol. The molecule has 166 valence electrons. The van der Waals surface area contributed by atoms with Gasteiger partial charge in [-0.25, -0.2) is 0 Å². The minimum absolute atomic E-state index is 0.0173. The molecule has 0 radical (unpaired) electrons. The summed E-state index contributed by atoms with van der Waals surface area (Å²) >= 11 is 0. The lowest BCUT2D eigenvalue weighted by atomic mass is 9.87. The zero-order valence-corrected chi connectivity index (χ0v) is 18.3. The van der Waals surface area contributed by atoms with Crippen molar-refractivity contribution in [2.45, 2.75) is 37.8 Å². The van der Waals surface area contributed by atoms with Gasteiger partial charge in [0.2, 0.25) is 5.91 Å². The Hall–Kier alpha value is -2.28. The molecule has 2 aromatic rings. The Morgan fingerprint density at radius 2 is 1.68 bits per heavy atom. The van der Waals surface area contributed by atoms with Gasteiger partial charge in [-0.05, 0) is 42.5 Å². The van der Waals surface area contributed by atoms with Gasteiger partial charge in [0.25, 0.3) is 0 Å². The first kappa shape index (κ1) is 21.9. The average Bonchev–Trinajstić information content (AvgIpc) is 2.84. The highest BCUT2D eigenvalue weighted by atomic mass is 16.5. The van der Waals surface area contributed by atoms with Crippen molar-refractivity contribution in [1.82, 2.24) is 20.1 Å². The van der Waals surface area contributed by atoms with Crippen LogP contribution in [-0.4, -0.2) is 72.2 Å². The highest BCUT2D eigenvalue weighted by Gasteiger charge is 2.40. The second-order valence-corrected chi connectivity index (χ2v) is 8.72. The summed E-state index contributed by atoms with van der Waals surface area (Å²) in [7, 11) is 0. The molecule has 3 heterocycles. The Balaban J connectivity index is 1.29. The average molecular weight is 423 g/mol. The summed E-state index contributed by atoms with van der Waals surface area (Å²) in [4.78, 5) is 21.7. The molecule has 1 N–H and O–H groups in total. The van der Waals surface area contributed by atoms with Gasteiger partial charge >= 0.3 is 0 Å². The van der Waals surface area contributed by atoms with Crippen LogP contribution in [0, 0.1) is 0 Å². The molecule has 1 amide bonds. The van der Waals surface area contributed by atoms with Gasteiger partial charge in [0.1, 0.15) is 0 Å². The number of nitrogens with zero attached hydrogens (tertiary/aromatic N) is 3. The van der Waals surface area contributed by atoms with Crippen molar-refractivity contribution >= 4 is 5.91 Å². The quantitative estimate of drug-likeness (QED) is 0.708. The van der Waals surface area contributed by atoms with Crippen molar-refractivity contribution in [3.63, 3.8) is 0 Å². The minimum atomic E-state index is 0.0173. The summed E-state index contributed by atoms with van der Waals surface area (Å²) in [6.45, 7) is 7.48. The third kappa shape index (κ3) is 6.12. The molecule has 0 saturated carbocycles. The molecule has 4 rings (SSSR count). The summed E-state index contributed by atoms with van der Waals surface area (Å²) in [5.74, 6) is 0.130. The molecule has 0 aliphatic carbocycles. The van der Waals surface area contributed by atoms with Crippen LogP contribution >= 0.6 is 0 Å². The second kappa shape index (κ2) is 10.8. The zero-order chi connectivity index (χ0) is 21.4. The number of amides is 1. The number of nitrogens with one attached hydrogen (secondary N) is 1. The number of benzene rings is 1. The van der Waals surface area contributed by atoms with Crippen LogP contribution in [0.4, 0.5) is 0 Å². The number of pyridine rings is 1. The van der Waals surface area contributed by atoms with Crippen LogP contribution in [0.25, 0.3) is 0 Å². The van der Waals surface area contributed by atoms with Gasteiger partial charge in [-0.2, -0.15) is 0 Å². The normalized spacial score (nSPS) is 19.7. The number of rotatable bonds is 8. The molecule has 0 spiro atoms. The van der Waals surface area contributed by atoms with E-state index >= 15 is 0 Å². The smallest absolute Gasteiger partial charge is 0.220 e. The number of hydrogen-bond donors (Lipinski definition) is 1. The van der Waals surface area contributed by atoms with Gasteiger partial charge in [-0.3, -0.25) is 19.6 Å². The molecule has 6 heteroatoms. The molecule has 2 fully saturated rings. The number of carbonyl (C=O) groups is 1. The standard InChI is InChI=1S/C25H34N4O2/c30-24(7-6-22-8-12-26-13-9-22)27-21-25(10-18-31-19-11-25)29-16-14-28(15-17-29)20-23-4-2-1-3-5-23/h1-5,8-9,12-13H,6-7,10-11,14-21H2,(H,27,30). The van der Waals surface area contributed by atoms with E-state index in [-0.39, 0.29) is 11.4 Å². The highest BCUT2D eigenvalue weighted by Crippen LogP contribution is 2.29. The molecule has 2 aliphatic heterocycles. The maximum atomic E-state index is 12.6. The number of aromatic nitrogens is 1. The molecule has 1 aromatic carbocycles. The molecule has 1 aromatic heterocycles. The Morgan fingerprint density at radius 3 is 2.39 bits per heavy atom. The minimum Gasteiger partial charge on any atom is -0.381 e. The number of ether oxygens (including phenoxy) is 1. The maximum Gasteiger partial charge on any atom is 0.220 e. The lowest BCUT2D eigenvalue weighted by Gasteiger charge is -2.49. The number of piperazine rings is 1. The molecule has 0 bridgehead atoms. The summed E-state index contributed by atoms with van der Waals surface area (Å²) in [6.07, 6.45) is 6.79. The largest absolute Gasteiger partial charge is 0.381 e. The fourth-order valence-electron chi connectivity index (χ4n) is 4.74. The number of aryl methyl sites for hydroxylation is 1. The van der Waals surface area contributed by atoms with Crippen molar-refractivity contribution in [3.05, 3.63) is 66.0 Å². The van der Waals surface area contributed by atoms with Crippen LogP contribution in [0.1, 0.15) is 30.4 Å². The van der Waals surface area contributed by atoms with E-state index in [0.717, 1.165) is 70.8 Å². The van der Waals surface area contributed by atoms with Gasteiger partial charge in [-0.15, -0.1) is 0 Å². The maximum absolute atomic E-state index is 12.6. The highest BCUT2D eigenvalue weighted by molar-refractivity contribution is 5.76. The first-order valence-electron chi connectivity index (χ1n) is 11.5.